The van der Waals surface area contributed by atoms with Crippen molar-refractivity contribution >= 4 is 29.3 Å². The highest BCUT2D eigenvalue weighted by Gasteiger charge is 2.31. The summed E-state index contributed by atoms with van der Waals surface area (Å²) in [5, 5.41) is 14.0. The number of hydrogen-bond acceptors (Lipinski definition) is 6. The first-order chi connectivity index (χ1) is 18.8. The summed E-state index contributed by atoms with van der Waals surface area (Å²) in [6, 6.07) is 22.8. The number of benzene rings is 3. The molecule has 3 aromatic carbocycles. The number of methoxy groups -OCH3 is 1. The van der Waals surface area contributed by atoms with E-state index in [0.29, 0.717) is 17.9 Å². The van der Waals surface area contributed by atoms with Crippen LogP contribution >= 0.6 is 11.8 Å². The van der Waals surface area contributed by atoms with E-state index in [0.717, 1.165) is 23.1 Å². The fraction of sp³-hybridized carbons (Fsp3) is 0.333. The molecular formula is C30H35N3O5S. The van der Waals surface area contributed by atoms with Crippen molar-refractivity contribution in [1.82, 2.24) is 10.2 Å². The van der Waals surface area contributed by atoms with Gasteiger partial charge in [-0.2, -0.15) is 0 Å². The molecule has 0 spiro atoms. The number of carbonyl (C=O) groups excluding carboxylic acids is 2. The van der Waals surface area contributed by atoms with Crippen LogP contribution in [0.5, 0.6) is 5.75 Å². The number of non-ortho nitro benzene ring substituents is 1. The number of thioether (sulfide) groups is 1. The summed E-state index contributed by atoms with van der Waals surface area (Å²) in [6.45, 7) is 4.20. The fourth-order valence-corrected chi connectivity index (χ4v) is 4.89. The Labute approximate surface area is 233 Å². The molecule has 206 valence electrons. The van der Waals surface area contributed by atoms with Gasteiger partial charge in [-0.05, 0) is 42.2 Å². The van der Waals surface area contributed by atoms with Gasteiger partial charge in [0.05, 0.1) is 17.8 Å². The minimum absolute atomic E-state index is 0.0268. The average Bonchev–Trinajstić information content (AvgIpc) is 2.95. The van der Waals surface area contributed by atoms with E-state index in [4.69, 9.17) is 4.74 Å². The van der Waals surface area contributed by atoms with Gasteiger partial charge in [0.2, 0.25) is 11.8 Å². The highest BCUT2D eigenvalue weighted by atomic mass is 32.2. The second-order valence-corrected chi connectivity index (χ2v) is 10.3. The molecule has 1 N–H and O–H groups in total. The van der Waals surface area contributed by atoms with Crippen LogP contribution in [0, 0.1) is 10.1 Å². The van der Waals surface area contributed by atoms with Gasteiger partial charge in [0.15, 0.2) is 0 Å². The van der Waals surface area contributed by atoms with Gasteiger partial charge in [-0.3, -0.25) is 19.7 Å². The molecule has 0 aliphatic carbocycles. The number of amides is 2. The third-order valence-electron chi connectivity index (χ3n) is 6.40. The third-order valence-corrected chi connectivity index (χ3v) is 7.39. The molecule has 0 saturated heterocycles. The van der Waals surface area contributed by atoms with Crippen molar-refractivity contribution in [1.29, 1.82) is 0 Å². The fourth-order valence-electron chi connectivity index (χ4n) is 4.02. The van der Waals surface area contributed by atoms with Gasteiger partial charge in [0, 0.05) is 36.9 Å². The molecule has 3 aromatic rings. The lowest BCUT2D eigenvalue weighted by molar-refractivity contribution is -0.384. The van der Waals surface area contributed by atoms with Crippen molar-refractivity contribution in [3.8, 4) is 5.75 Å². The van der Waals surface area contributed by atoms with E-state index in [1.807, 2.05) is 68.4 Å². The standard InChI is InChI=1S/C30H35N3O5S/c1-4-22(2)31-30(35)28(18-23-9-6-5-7-10-23)32(19-25-11-8-12-27(17-25)38-3)29(34)21-39-20-24-13-15-26(16-14-24)33(36)37/h5-17,22,28H,4,18-21H2,1-3H3,(H,31,35). The first-order valence-electron chi connectivity index (χ1n) is 12.9. The van der Waals surface area contributed by atoms with Crippen LogP contribution in [0.1, 0.15) is 37.0 Å². The number of carbonyl (C=O) groups is 2. The van der Waals surface area contributed by atoms with Gasteiger partial charge in [0.25, 0.3) is 5.69 Å². The van der Waals surface area contributed by atoms with E-state index in [-0.39, 0.29) is 35.8 Å². The normalized spacial score (nSPS) is 12.3. The molecule has 0 aliphatic rings. The van der Waals surface area contributed by atoms with Crippen LogP contribution in [0.2, 0.25) is 0 Å². The average molecular weight is 550 g/mol. The molecule has 0 saturated carbocycles. The summed E-state index contributed by atoms with van der Waals surface area (Å²) < 4.78 is 5.38. The number of rotatable bonds is 14. The number of nitro benzene ring substituents is 1. The Balaban J connectivity index is 1.85. The monoisotopic (exact) mass is 549 g/mol. The summed E-state index contributed by atoms with van der Waals surface area (Å²) in [5.41, 5.74) is 2.73. The van der Waals surface area contributed by atoms with Gasteiger partial charge in [0.1, 0.15) is 11.8 Å². The van der Waals surface area contributed by atoms with Crippen molar-refractivity contribution in [2.45, 2.75) is 51.1 Å². The summed E-state index contributed by atoms with van der Waals surface area (Å²) in [4.78, 5) is 39.4. The van der Waals surface area contributed by atoms with Gasteiger partial charge in [-0.25, -0.2) is 0 Å². The maximum absolute atomic E-state index is 13.7. The molecule has 8 nitrogen and oxygen atoms in total. The zero-order chi connectivity index (χ0) is 28.2. The molecule has 2 unspecified atom stereocenters. The molecule has 0 aromatic heterocycles. The summed E-state index contributed by atoms with van der Waals surface area (Å²) >= 11 is 1.41. The molecule has 0 bridgehead atoms. The summed E-state index contributed by atoms with van der Waals surface area (Å²) in [5.74, 6) is 0.994. The van der Waals surface area contributed by atoms with E-state index in [9.17, 15) is 19.7 Å². The second kappa shape index (κ2) is 14.9. The van der Waals surface area contributed by atoms with E-state index in [1.54, 1.807) is 24.1 Å². The van der Waals surface area contributed by atoms with E-state index < -0.39 is 11.0 Å². The van der Waals surface area contributed by atoms with Crippen molar-refractivity contribution in [2.24, 2.45) is 0 Å². The number of nitro groups is 1. The molecule has 0 heterocycles. The lowest BCUT2D eigenvalue weighted by Gasteiger charge is -2.32. The lowest BCUT2D eigenvalue weighted by Crippen LogP contribution is -2.52. The molecule has 0 radical (unpaired) electrons. The molecule has 3 rings (SSSR count). The number of ether oxygens (including phenoxy) is 1. The predicted molar refractivity (Wildman–Crippen MR) is 155 cm³/mol. The molecular weight excluding hydrogens is 514 g/mol. The minimum Gasteiger partial charge on any atom is -0.497 e. The van der Waals surface area contributed by atoms with Crippen LogP contribution in [0.15, 0.2) is 78.9 Å². The van der Waals surface area contributed by atoms with Crippen molar-refractivity contribution in [3.05, 3.63) is 106 Å². The van der Waals surface area contributed by atoms with Crippen molar-refractivity contribution in [2.75, 3.05) is 12.9 Å². The largest absolute Gasteiger partial charge is 0.497 e. The minimum atomic E-state index is -0.708. The Hall–Kier alpha value is -3.85. The molecule has 0 aliphatic heterocycles. The van der Waals surface area contributed by atoms with Crippen molar-refractivity contribution < 1.29 is 19.2 Å². The number of hydrogen-bond donors (Lipinski definition) is 1. The first-order valence-corrected chi connectivity index (χ1v) is 14.0. The Morgan fingerprint density at radius 2 is 1.69 bits per heavy atom. The Bertz CT molecular complexity index is 1240. The summed E-state index contributed by atoms with van der Waals surface area (Å²) in [7, 11) is 1.59. The van der Waals surface area contributed by atoms with Crippen LogP contribution in [0.4, 0.5) is 5.69 Å². The SMILES string of the molecule is CCC(C)NC(=O)C(Cc1ccccc1)N(Cc1cccc(OC)c1)C(=O)CSCc1ccc([N+](=O)[O-])cc1. The number of nitrogens with zero attached hydrogens (tertiary/aromatic N) is 2. The molecule has 39 heavy (non-hydrogen) atoms. The zero-order valence-corrected chi connectivity index (χ0v) is 23.4. The van der Waals surface area contributed by atoms with E-state index in [2.05, 4.69) is 5.32 Å². The number of nitrogens with one attached hydrogen (secondary N) is 1. The maximum Gasteiger partial charge on any atom is 0.269 e. The molecule has 2 atom stereocenters. The summed E-state index contributed by atoms with van der Waals surface area (Å²) in [6.07, 6.45) is 1.16. The first kappa shape index (κ1) is 29.7. The second-order valence-electron chi connectivity index (χ2n) is 9.31. The lowest BCUT2D eigenvalue weighted by atomic mass is 10.0. The van der Waals surface area contributed by atoms with Crippen molar-refractivity contribution in [3.63, 3.8) is 0 Å². The Morgan fingerprint density at radius 1 is 1.00 bits per heavy atom. The van der Waals surface area contributed by atoms with Gasteiger partial charge >= 0.3 is 0 Å². The quantitative estimate of drug-likeness (QED) is 0.214. The smallest absolute Gasteiger partial charge is 0.269 e. The predicted octanol–water partition coefficient (Wildman–Crippen LogP) is 5.39. The highest BCUT2D eigenvalue weighted by molar-refractivity contribution is 7.99. The van der Waals surface area contributed by atoms with Crippen LogP contribution in [0.3, 0.4) is 0 Å². The van der Waals surface area contributed by atoms with Crippen LogP contribution in [-0.2, 0) is 28.3 Å². The van der Waals surface area contributed by atoms with Crippen LogP contribution < -0.4 is 10.1 Å². The van der Waals surface area contributed by atoms with Crippen LogP contribution in [-0.4, -0.2) is 46.6 Å². The molecule has 2 amide bonds. The topological polar surface area (TPSA) is 102 Å². The third kappa shape index (κ3) is 9.14. The van der Waals surface area contributed by atoms with Gasteiger partial charge in [-0.15, -0.1) is 11.8 Å². The highest BCUT2D eigenvalue weighted by Crippen LogP contribution is 2.21. The van der Waals surface area contributed by atoms with Gasteiger partial charge in [-0.1, -0.05) is 61.5 Å². The Morgan fingerprint density at radius 3 is 2.33 bits per heavy atom. The van der Waals surface area contributed by atoms with Crippen LogP contribution in [0.25, 0.3) is 0 Å². The molecule has 9 heteroatoms. The Kier molecular flexibility index (Phi) is 11.4. The van der Waals surface area contributed by atoms with E-state index in [1.165, 1.54) is 23.9 Å². The van der Waals surface area contributed by atoms with E-state index >= 15 is 0 Å². The zero-order valence-electron chi connectivity index (χ0n) is 22.5. The van der Waals surface area contributed by atoms with Gasteiger partial charge < -0.3 is 15.0 Å². The maximum atomic E-state index is 13.7. The molecule has 0 fully saturated rings.